The van der Waals surface area contributed by atoms with Crippen LogP contribution in [0.4, 0.5) is 9.80 Å². The summed E-state index contributed by atoms with van der Waals surface area (Å²) in [6.45, 7) is 7.51. The Balaban J connectivity index is 2.29. The second-order valence-corrected chi connectivity index (χ2v) is 7.34. The van der Waals surface area contributed by atoms with Crippen LogP contribution in [0.2, 0.25) is 0 Å². The van der Waals surface area contributed by atoms with Crippen LogP contribution >= 0.6 is 11.3 Å². The number of urea groups is 1. The van der Waals surface area contributed by atoms with Crippen molar-refractivity contribution in [3.8, 4) is 0 Å². The largest absolute Gasteiger partial charge is 0.462 e. The predicted octanol–water partition coefficient (Wildman–Crippen LogP) is 3.67. The van der Waals surface area contributed by atoms with Gasteiger partial charge in [0.25, 0.3) is 0 Å². The molecule has 0 unspecified atom stereocenters. The van der Waals surface area contributed by atoms with E-state index in [9.17, 15) is 14.4 Å². The molecule has 1 heterocycles. The Labute approximate surface area is 157 Å². The summed E-state index contributed by atoms with van der Waals surface area (Å²) in [5.41, 5.74) is 0.667. The highest BCUT2D eigenvalue weighted by Crippen LogP contribution is 2.36. The molecular formula is C18H26N2O5S. The Kier molecular flexibility index (Phi) is 6.63. The fraction of sp³-hybridized carbons (Fsp3) is 0.611. The molecule has 7 nitrogen and oxygen atoms in total. The number of anilines is 1. The van der Waals surface area contributed by atoms with Crippen LogP contribution in [-0.2, 0) is 9.47 Å². The monoisotopic (exact) mass is 382 g/mol. The highest BCUT2D eigenvalue weighted by Gasteiger charge is 2.33. The van der Waals surface area contributed by atoms with Gasteiger partial charge < -0.3 is 14.4 Å². The Hall–Kier alpha value is -2.09. The number of carbonyl (C=O) groups is 3. The van der Waals surface area contributed by atoms with Crippen molar-refractivity contribution >= 4 is 34.3 Å². The summed E-state index contributed by atoms with van der Waals surface area (Å²) in [5.74, 6) is -0.554. The van der Waals surface area contributed by atoms with Gasteiger partial charge in [0.2, 0.25) is 0 Å². The van der Waals surface area contributed by atoms with Crippen molar-refractivity contribution in [3.05, 3.63) is 16.0 Å². The minimum absolute atomic E-state index is 0.117. The van der Waals surface area contributed by atoms with E-state index in [0.717, 1.165) is 24.2 Å². The van der Waals surface area contributed by atoms with E-state index in [0.29, 0.717) is 21.4 Å². The third-order valence-electron chi connectivity index (χ3n) is 4.54. The van der Waals surface area contributed by atoms with Crippen molar-refractivity contribution in [2.45, 2.75) is 46.6 Å². The molecule has 26 heavy (non-hydrogen) atoms. The van der Waals surface area contributed by atoms with E-state index in [1.807, 2.05) is 6.92 Å². The normalized spacial score (nSPS) is 14.5. The van der Waals surface area contributed by atoms with Crippen molar-refractivity contribution in [2.24, 2.45) is 5.92 Å². The fourth-order valence-electron chi connectivity index (χ4n) is 2.71. The third-order valence-corrected chi connectivity index (χ3v) is 5.73. The molecule has 2 amide bonds. The first-order valence-electron chi connectivity index (χ1n) is 8.83. The lowest BCUT2D eigenvalue weighted by Gasteiger charge is -2.25. The number of amides is 2. The van der Waals surface area contributed by atoms with Gasteiger partial charge in [-0.25, -0.2) is 14.4 Å². The molecule has 0 aliphatic heterocycles. The Morgan fingerprint density at radius 3 is 2.31 bits per heavy atom. The average molecular weight is 382 g/mol. The van der Waals surface area contributed by atoms with Crippen LogP contribution in [0.15, 0.2) is 0 Å². The van der Waals surface area contributed by atoms with E-state index in [4.69, 9.17) is 9.47 Å². The van der Waals surface area contributed by atoms with Crippen molar-refractivity contribution in [1.82, 2.24) is 4.90 Å². The number of nitrogens with one attached hydrogen (secondary N) is 1. The number of nitrogens with zero attached hydrogens (tertiary/aromatic N) is 1. The topological polar surface area (TPSA) is 84.9 Å². The summed E-state index contributed by atoms with van der Waals surface area (Å²) in [6, 6.07) is -0.196. The number of esters is 2. The molecule has 1 aliphatic carbocycles. The maximum absolute atomic E-state index is 12.6. The lowest BCUT2D eigenvalue weighted by Crippen LogP contribution is -2.39. The molecule has 0 saturated heterocycles. The Bertz CT molecular complexity index is 696. The van der Waals surface area contributed by atoms with E-state index in [1.54, 1.807) is 32.7 Å². The van der Waals surface area contributed by atoms with Gasteiger partial charge in [0, 0.05) is 13.1 Å². The van der Waals surface area contributed by atoms with Crippen molar-refractivity contribution in [2.75, 3.05) is 25.6 Å². The summed E-state index contributed by atoms with van der Waals surface area (Å²) in [6.07, 6.45) is 2.25. The first kappa shape index (κ1) is 20.2. The molecule has 1 aromatic rings. The zero-order valence-electron chi connectivity index (χ0n) is 15.9. The fourth-order valence-corrected chi connectivity index (χ4v) is 3.79. The summed E-state index contributed by atoms with van der Waals surface area (Å²) in [4.78, 5) is 39.0. The van der Waals surface area contributed by atoms with E-state index in [-0.39, 0.29) is 30.9 Å². The van der Waals surface area contributed by atoms with Gasteiger partial charge in [0.1, 0.15) is 9.88 Å². The summed E-state index contributed by atoms with van der Waals surface area (Å²) in [5, 5.41) is 3.08. The number of thiophene rings is 1. The van der Waals surface area contributed by atoms with E-state index in [1.165, 1.54) is 0 Å². The molecule has 0 bridgehead atoms. The van der Waals surface area contributed by atoms with Crippen molar-refractivity contribution in [3.63, 3.8) is 0 Å². The molecule has 1 aliphatic rings. The SMILES string of the molecule is CCOC(=O)c1sc(NC(=O)N(C)[C@@H](C)C2CC2)c(C(=O)OCC)c1C. The zero-order valence-corrected chi connectivity index (χ0v) is 16.7. The number of hydrogen-bond acceptors (Lipinski definition) is 6. The smallest absolute Gasteiger partial charge is 0.348 e. The van der Waals surface area contributed by atoms with Gasteiger partial charge in [-0.05, 0) is 52.0 Å². The van der Waals surface area contributed by atoms with Crippen LogP contribution in [-0.4, -0.2) is 49.2 Å². The predicted molar refractivity (Wildman–Crippen MR) is 99.9 cm³/mol. The van der Waals surface area contributed by atoms with Gasteiger partial charge in [-0.1, -0.05) is 0 Å². The van der Waals surface area contributed by atoms with Crippen LogP contribution in [0.3, 0.4) is 0 Å². The molecule has 1 aromatic heterocycles. The molecule has 8 heteroatoms. The highest BCUT2D eigenvalue weighted by atomic mass is 32.1. The number of rotatable bonds is 7. The van der Waals surface area contributed by atoms with Crippen LogP contribution in [0.1, 0.15) is 59.2 Å². The van der Waals surface area contributed by atoms with Crippen LogP contribution in [0.25, 0.3) is 0 Å². The molecular weight excluding hydrogens is 356 g/mol. The van der Waals surface area contributed by atoms with Gasteiger partial charge in [0.15, 0.2) is 0 Å². The highest BCUT2D eigenvalue weighted by molar-refractivity contribution is 7.18. The Morgan fingerprint density at radius 1 is 1.19 bits per heavy atom. The Morgan fingerprint density at radius 2 is 1.77 bits per heavy atom. The summed E-state index contributed by atoms with van der Waals surface area (Å²) in [7, 11) is 1.73. The standard InChI is InChI=1S/C18H26N2O5S/c1-6-24-16(21)13-10(3)14(17(22)25-7-2)26-15(13)19-18(23)20(5)11(4)12-8-9-12/h11-12H,6-9H2,1-5H3,(H,19,23)/t11-/m0/s1. The maximum atomic E-state index is 12.6. The van der Waals surface area contributed by atoms with E-state index >= 15 is 0 Å². The molecule has 0 aromatic carbocycles. The van der Waals surface area contributed by atoms with Gasteiger partial charge in [-0.2, -0.15) is 0 Å². The first-order chi connectivity index (χ1) is 12.3. The van der Waals surface area contributed by atoms with Gasteiger partial charge in [0.05, 0.1) is 18.8 Å². The summed E-state index contributed by atoms with van der Waals surface area (Å²) < 4.78 is 10.1. The van der Waals surface area contributed by atoms with E-state index < -0.39 is 11.9 Å². The maximum Gasteiger partial charge on any atom is 0.348 e. The van der Waals surface area contributed by atoms with Crippen molar-refractivity contribution in [1.29, 1.82) is 0 Å². The molecule has 1 atom stereocenters. The van der Waals surface area contributed by atoms with Crippen LogP contribution in [0.5, 0.6) is 0 Å². The average Bonchev–Trinajstić information content (AvgIpc) is 3.38. The van der Waals surface area contributed by atoms with E-state index in [2.05, 4.69) is 5.32 Å². The van der Waals surface area contributed by atoms with Crippen molar-refractivity contribution < 1.29 is 23.9 Å². The molecule has 1 N–H and O–H groups in total. The first-order valence-corrected chi connectivity index (χ1v) is 9.64. The number of ether oxygens (including phenoxy) is 2. The molecule has 1 saturated carbocycles. The minimum atomic E-state index is -0.565. The quantitative estimate of drug-likeness (QED) is 0.727. The summed E-state index contributed by atoms with van der Waals surface area (Å²) >= 11 is 1.04. The lowest BCUT2D eigenvalue weighted by molar-refractivity contribution is 0.0527. The minimum Gasteiger partial charge on any atom is -0.462 e. The molecule has 1 fully saturated rings. The second kappa shape index (κ2) is 8.53. The van der Waals surface area contributed by atoms with Gasteiger partial charge >= 0.3 is 18.0 Å². The number of hydrogen-bond donors (Lipinski definition) is 1. The van der Waals surface area contributed by atoms with Gasteiger partial charge in [-0.3, -0.25) is 5.32 Å². The van der Waals surface area contributed by atoms with Crippen LogP contribution in [0, 0.1) is 12.8 Å². The zero-order chi connectivity index (χ0) is 19.4. The number of carbonyl (C=O) groups excluding carboxylic acids is 3. The van der Waals surface area contributed by atoms with Crippen LogP contribution < -0.4 is 5.32 Å². The molecule has 2 rings (SSSR count). The second-order valence-electron chi connectivity index (χ2n) is 6.32. The third kappa shape index (κ3) is 4.35. The lowest BCUT2D eigenvalue weighted by atomic mass is 10.1. The molecule has 144 valence electrons. The molecule has 0 radical (unpaired) electrons. The molecule has 0 spiro atoms. The van der Waals surface area contributed by atoms with Gasteiger partial charge in [-0.15, -0.1) is 11.3 Å².